The van der Waals surface area contributed by atoms with Crippen LogP contribution < -0.4 is 5.32 Å². The Kier molecular flexibility index (Phi) is 6.05. The van der Waals surface area contributed by atoms with Gasteiger partial charge in [0.15, 0.2) is 0 Å². The van der Waals surface area contributed by atoms with Crippen LogP contribution in [-0.4, -0.2) is 23.9 Å². The van der Waals surface area contributed by atoms with Crippen LogP contribution in [0.25, 0.3) is 0 Å². The fraction of sp³-hybridized carbons (Fsp3) is 0.350. The summed E-state index contributed by atoms with van der Waals surface area (Å²) in [4.78, 5) is 14.7. The van der Waals surface area contributed by atoms with E-state index in [-0.39, 0.29) is 5.91 Å². The summed E-state index contributed by atoms with van der Waals surface area (Å²) in [6.45, 7) is 3.33. The second kappa shape index (κ2) is 8.45. The Hall–Kier alpha value is -1.65. The van der Waals surface area contributed by atoms with E-state index < -0.39 is 0 Å². The highest BCUT2D eigenvalue weighted by Gasteiger charge is 2.11. The molecule has 1 fully saturated rings. The molecular weight excluding hydrogens is 364 g/mol. The molecule has 1 N–H and O–H groups in total. The standard InChI is InChI=1S/C20H23BrN2O/c21-18-9-7-16(8-10-18)14-20(24)22-19-6-4-5-17(13-19)15-23-11-2-1-3-12-23/h4-10,13H,1-3,11-12,14-15H2,(H,22,24). The topological polar surface area (TPSA) is 32.3 Å². The third-order valence-electron chi connectivity index (χ3n) is 4.34. The fourth-order valence-corrected chi connectivity index (χ4v) is 3.38. The van der Waals surface area contributed by atoms with Gasteiger partial charge in [0.05, 0.1) is 6.42 Å². The van der Waals surface area contributed by atoms with Crippen LogP contribution in [0.15, 0.2) is 53.0 Å². The maximum atomic E-state index is 12.2. The number of carbonyl (C=O) groups excluding carboxylic acids is 1. The van der Waals surface area contributed by atoms with Gasteiger partial charge in [-0.15, -0.1) is 0 Å². The van der Waals surface area contributed by atoms with Crippen LogP contribution in [0.3, 0.4) is 0 Å². The van der Waals surface area contributed by atoms with Crippen molar-refractivity contribution in [2.75, 3.05) is 18.4 Å². The smallest absolute Gasteiger partial charge is 0.228 e. The molecule has 2 aromatic carbocycles. The van der Waals surface area contributed by atoms with Crippen LogP contribution >= 0.6 is 15.9 Å². The molecule has 0 spiro atoms. The zero-order valence-corrected chi connectivity index (χ0v) is 15.4. The quantitative estimate of drug-likeness (QED) is 0.812. The molecule has 0 bridgehead atoms. The van der Waals surface area contributed by atoms with Crippen molar-refractivity contribution in [2.45, 2.75) is 32.2 Å². The van der Waals surface area contributed by atoms with Gasteiger partial charge < -0.3 is 5.32 Å². The maximum absolute atomic E-state index is 12.2. The summed E-state index contributed by atoms with van der Waals surface area (Å²) in [5.74, 6) is 0.0208. The predicted molar refractivity (Wildman–Crippen MR) is 102 cm³/mol. The van der Waals surface area contributed by atoms with Gasteiger partial charge in [0.1, 0.15) is 0 Å². The molecule has 1 aliphatic heterocycles. The molecule has 1 aliphatic rings. The molecule has 0 radical (unpaired) electrons. The first kappa shape index (κ1) is 17.2. The molecule has 0 unspecified atom stereocenters. The molecule has 126 valence electrons. The van der Waals surface area contributed by atoms with Crippen molar-refractivity contribution in [3.8, 4) is 0 Å². The Balaban J connectivity index is 1.57. The van der Waals surface area contributed by atoms with Crippen molar-refractivity contribution >= 4 is 27.5 Å². The van der Waals surface area contributed by atoms with Gasteiger partial charge in [-0.25, -0.2) is 0 Å². The van der Waals surface area contributed by atoms with Crippen molar-refractivity contribution in [3.63, 3.8) is 0 Å². The molecule has 24 heavy (non-hydrogen) atoms. The highest BCUT2D eigenvalue weighted by atomic mass is 79.9. The van der Waals surface area contributed by atoms with Gasteiger partial charge in [-0.3, -0.25) is 9.69 Å². The Bertz CT molecular complexity index is 678. The van der Waals surface area contributed by atoms with Crippen molar-refractivity contribution in [3.05, 3.63) is 64.1 Å². The van der Waals surface area contributed by atoms with E-state index in [1.165, 1.54) is 37.9 Å². The number of anilines is 1. The van der Waals surface area contributed by atoms with Crippen molar-refractivity contribution in [1.29, 1.82) is 0 Å². The number of halogens is 1. The third kappa shape index (κ3) is 5.18. The Labute approximate surface area is 152 Å². The van der Waals surface area contributed by atoms with Crippen molar-refractivity contribution < 1.29 is 4.79 Å². The minimum Gasteiger partial charge on any atom is -0.326 e. The second-order valence-electron chi connectivity index (χ2n) is 6.39. The van der Waals surface area contributed by atoms with E-state index in [9.17, 15) is 4.79 Å². The van der Waals surface area contributed by atoms with Gasteiger partial charge in [0.2, 0.25) is 5.91 Å². The molecule has 0 aliphatic carbocycles. The van der Waals surface area contributed by atoms with E-state index in [2.05, 4.69) is 38.3 Å². The lowest BCUT2D eigenvalue weighted by molar-refractivity contribution is -0.115. The molecule has 0 aromatic heterocycles. The number of rotatable bonds is 5. The van der Waals surface area contributed by atoms with Gasteiger partial charge in [0, 0.05) is 16.7 Å². The second-order valence-corrected chi connectivity index (χ2v) is 7.30. The molecule has 1 saturated heterocycles. The normalized spacial score (nSPS) is 15.2. The summed E-state index contributed by atoms with van der Waals surface area (Å²) < 4.78 is 1.03. The maximum Gasteiger partial charge on any atom is 0.228 e. The van der Waals surface area contributed by atoms with E-state index >= 15 is 0 Å². The first-order valence-corrected chi connectivity index (χ1v) is 9.34. The van der Waals surface area contributed by atoms with E-state index in [1.54, 1.807) is 0 Å². The van der Waals surface area contributed by atoms with Gasteiger partial charge >= 0.3 is 0 Å². The average Bonchev–Trinajstić information content (AvgIpc) is 2.58. The SMILES string of the molecule is O=C(Cc1ccc(Br)cc1)Nc1cccc(CN2CCCCC2)c1. The van der Waals surface area contributed by atoms with Gasteiger partial charge in [-0.05, 0) is 61.3 Å². The molecule has 0 atom stereocenters. The van der Waals surface area contributed by atoms with E-state index in [0.717, 1.165) is 22.3 Å². The summed E-state index contributed by atoms with van der Waals surface area (Å²) in [6.07, 6.45) is 4.33. The van der Waals surface area contributed by atoms with E-state index in [0.29, 0.717) is 6.42 Å². The molecule has 3 rings (SSSR count). The lowest BCUT2D eigenvalue weighted by Gasteiger charge is -2.26. The monoisotopic (exact) mass is 386 g/mol. The third-order valence-corrected chi connectivity index (χ3v) is 4.87. The lowest BCUT2D eigenvalue weighted by Crippen LogP contribution is -2.29. The van der Waals surface area contributed by atoms with Gasteiger partial charge in [-0.1, -0.05) is 46.6 Å². The van der Waals surface area contributed by atoms with E-state index in [4.69, 9.17) is 0 Å². The van der Waals surface area contributed by atoms with Gasteiger partial charge in [-0.2, -0.15) is 0 Å². The van der Waals surface area contributed by atoms with Crippen LogP contribution in [0.5, 0.6) is 0 Å². The number of likely N-dealkylation sites (tertiary alicyclic amines) is 1. The van der Waals surface area contributed by atoms with Crippen molar-refractivity contribution in [2.24, 2.45) is 0 Å². The molecular formula is C20H23BrN2O. The Morgan fingerprint density at radius 2 is 1.75 bits per heavy atom. The summed E-state index contributed by atoms with van der Waals surface area (Å²) in [7, 11) is 0. The highest BCUT2D eigenvalue weighted by molar-refractivity contribution is 9.10. The molecule has 0 saturated carbocycles. The molecule has 1 heterocycles. The molecule has 3 nitrogen and oxygen atoms in total. The number of hydrogen-bond acceptors (Lipinski definition) is 2. The Morgan fingerprint density at radius 1 is 1.00 bits per heavy atom. The minimum atomic E-state index is 0.0208. The first-order chi connectivity index (χ1) is 11.7. The Morgan fingerprint density at radius 3 is 2.50 bits per heavy atom. The van der Waals surface area contributed by atoms with Crippen LogP contribution in [0.4, 0.5) is 5.69 Å². The largest absolute Gasteiger partial charge is 0.326 e. The first-order valence-electron chi connectivity index (χ1n) is 8.55. The van der Waals surface area contributed by atoms with Gasteiger partial charge in [0.25, 0.3) is 0 Å². The molecule has 2 aromatic rings. The predicted octanol–water partition coefficient (Wildman–Crippen LogP) is 4.62. The molecule has 1 amide bonds. The highest BCUT2D eigenvalue weighted by Crippen LogP contribution is 2.17. The number of piperidine rings is 1. The van der Waals surface area contributed by atoms with Crippen LogP contribution in [-0.2, 0) is 17.8 Å². The number of amides is 1. The zero-order valence-electron chi connectivity index (χ0n) is 13.8. The van der Waals surface area contributed by atoms with E-state index in [1.807, 2.05) is 36.4 Å². The summed E-state index contributed by atoms with van der Waals surface area (Å²) in [5.41, 5.74) is 3.16. The fourth-order valence-electron chi connectivity index (χ4n) is 3.12. The summed E-state index contributed by atoms with van der Waals surface area (Å²) in [6, 6.07) is 16.1. The van der Waals surface area contributed by atoms with Crippen molar-refractivity contribution in [1.82, 2.24) is 4.90 Å². The number of hydrogen-bond donors (Lipinski definition) is 1. The number of nitrogens with one attached hydrogen (secondary N) is 1. The minimum absolute atomic E-state index is 0.0208. The number of carbonyl (C=O) groups is 1. The van der Waals surface area contributed by atoms with Crippen LogP contribution in [0.1, 0.15) is 30.4 Å². The average molecular weight is 387 g/mol. The summed E-state index contributed by atoms with van der Waals surface area (Å²) >= 11 is 3.41. The number of benzene rings is 2. The number of nitrogens with zero attached hydrogens (tertiary/aromatic N) is 1. The van der Waals surface area contributed by atoms with Crippen LogP contribution in [0.2, 0.25) is 0 Å². The summed E-state index contributed by atoms with van der Waals surface area (Å²) in [5, 5.41) is 3.01. The van der Waals surface area contributed by atoms with Crippen LogP contribution in [0, 0.1) is 0 Å². The zero-order chi connectivity index (χ0) is 16.8. The lowest BCUT2D eigenvalue weighted by atomic mass is 10.1. The molecule has 4 heteroatoms.